The van der Waals surface area contributed by atoms with Crippen LogP contribution < -0.4 is 11.1 Å². The second-order valence-electron chi connectivity index (χ2n) is 4.03. The molecule has 1 aromatic carbocycles. The average Bonchev–Trinajstić information content (AvgIpc) is 2.84. The molecule has 0 fully saturated rings. The molecule has 0 spiro atoms. The SMILES string of the molecule is C[C@@H](Sc1n[nH]c(N)n1)C(=O)Nc1ccccc1[N+](=O)[O-]. The van der Waals surface area contributed by atoms with E-state index in [9.17, 15) is 14.9 Å². The lowest BCUT2D eigenvalue weighted by Gasteiger charge is -2.10. The summed E-state index contributed by atoms with van der Waals surface area (Å²) >= 11 is 1.09. The number of aromatic nitrogens is 3. The van der Waals surface area contributed by atoms with Crippen molar-refractivity contribution in [1.82, 2.24) is 15.2 Å². The number of hydrogen-bond acceptors (Lipinski definition) is 7. The number of anilines is 2. The van der Waals surface area contributed by atoms with Crippen molar-refractivity contribution in [3.05, 3.63) is 34.4 Å². The van der Waals surface area contributed by atoms with E-state index in [1.165, 1.54) is 18.2 Å². The lowest BCUT2D eigenvalue weighted by molar-refractivity contribution is -0.383. The number of nitrogens with one attached hydrogen (secondary N) is 2. The summed E-state index contributed by atoms with van der Waals surface area (Å²) in [7, 11) is 0. The van der Waals surface area contributed by atoms with E-state index in [0.29, 0.717) is 5.16 Å². The molecule has 0 unspecified atom stereocenters. The van der Waals surface area contributed by atoms with Crippen molar-refractivity contribution in [2.45, 2.75) is 17.3 Å². The number of nitrogens with two attached hydrogens (primary N) is 1. The molecule has 1 heterocycles. The molecule has 21 heavy (non-hydrogen) atoms. The van der Waals surface area contributed by atoms with Gasteiger partial charge >= 0.3 is 0 Å². The Hall–Kier alpha value is -2.62. The quantitative estimate of drug-likeness (QED) is 0.431. The van der Waals surface area contributed by atoms with E-state index >= 15 is 0 Å². The summed E-state index contributed by atoms with van der Waals surface area (Å²) in [4.78, 5) is 26.2. The fraction of sp³-hybridized carbons (Fsp3) is 0.182. The number of hydrogen-bond donors (Lipinski definition) is 3. The van der Waals surface area contributed by atoms with Crippen LogP contribution in [0.3, 0.4) is 0 Å². The Balaban J connectivity index is 2.05. The van der Waals surface area contributed by atoms with Crippen molar-refractivity contribution >= 4 is 35.0 Å². The number of H-pyrrole nitrogens is 1. The fourth-order valence-electron chi connectivity index (χ4n) is 1.50. The van der Waals surface area contributed by atoms with Crippen LogP contribution >= 0.6 is 11.8 Å². The van der Waals surface area contributed by atoms with Crippen LogP contribution in [-0.4, -0.2) is 31.3 Å². The van der Waals surface area contributed by atoms with Crippen LogP contribution in [0.5, 0.6) is 0 Å². The van der Waals surface area contributed by atoms with Crippen LogP contribution in [0.25, 0.3) is 0 Å². The number of rotatable bonds is 5. The summed E-state index contributed by atoms with van der Waals surface area (Å²) in [5.74, 6) is -0.235. The summed E-state index contributed by atoms with van der Waals surface area (Å²) in [5.41, 5.74) is 5.37. The maximum Gasteiger partial charge on any atom is 0.292 e. The van der Waals surface area contributed by atoms with E-state index in [4.69, 9.17) is 5.73 Å². The number of nitrogens with zero attached hydrogens (tertiary/aromatic N) is 3. The number of nitrogen functional groups attached to an aromatic ring is 1. The van der Waals surface area contributed by atoms with Crippen molar-refractivity contribution in [3.63, 3.8) is 0 Å². The Bertz CT molecular complexity index is 673. The molecular weight excluding hydrogens is 296 g/mol. The van der Waals surface area contributed by atoms with Gasteiger partial charge in [-0.25, -0.2) is 5.10 Å². The molecule has 1 atom stereocenters. The van der Waals surface area contributed by atoms with Crippen LogP contribution in [-0.2, 0) is 4.79 Å². The summed E-state index contributed by atoms with van der Waals surface area (Å²) in [6.07, 6.45) is 0. The molecule has 1 aromatic heterocycles. The van der Waals surface area contributed by atoms with E-state index in [1.54, 1.807) is 13.0 Å². The normalized spacial score (nSPS) is 11.9. The first-order valence-electron chi connectivity index (χ1n) is 5.86. The highest BCUT2D eigenvalue weighted by Crippen LogP contribution is 2.25. The van der Waals surface area contributed by atoms with Gasteiger partial charge in [0.15, 0.2) is 0 Å². The molecule has 1 amide bonds. The first-order valence-corrected chi connectivity index (χ1v) is 6.74. The molecule has 2 aromatic rings. The molecule has 0 saturated heterocycles. The number of nitro benzene ring substituents is 1. The highest BCUT2D eigenvalue weighted by molar-refractivity contribution is 8.00. The first kappa shape index (κ1) is 14.8. The van der Waals surface area contributed by atoms with Crippen LogP contribution in [0.2, 0.25) is 0 Å². The summed E-state index contributed by atoms with van der Waals surface area (Å²) in [6.45, 7) is 1.64. The molecular formula is C11H12N6O3S. The predicted molar refractivity (Wildman–Crippen MR) is 77.8 cm³/mol. The Labute approximate surface area is 123 Å². The molecule has 0 saturated carbocycles. The molecule has 4 N–H and O–H groups in total. The molecule has 0 aliphatic heterocycles. The van der Waals surface area contributed by atoms with Gasteiger partial charge in [-0.2, -0.15) is 4.98 Å². The van der Waals surface area contributed by atoms with Crippen LogP contribution in [0, 0.1) is 10.1 Å². The maximum atomic E-state index is 12.0. The van der Waals surface area contributed by atoms with Gasteiger partial charge in [-0.15, -0.1) is 5.10 Å². The largest absolute Gasteiger partial charge is 0.368 e. The third-order valence-corrected chi connectivity index (χ3v) is 3.45. The van der Waals surface area contributed by atoms with Crippen LogP contribution in [0.4, 0.5) is 17.3 Å². The fourth-order valence-corrected chi connectivity index (χ4v) is 2.23. The lowest BCUT2D eigenvalue weighted by Crippen LogP contribution is -2.23. The molecule has 2 rings (SSSR count). The Morgan fingerprint density at radius 1 is 1.52 bits per heavy atom. The molecule has 10 heteroatoms. The van der Waals surface area contributed by atoms with Gasteiger partial charge in [-0.05, 0) is 13.0 Å². The minimum atomic E-state index is -0.552. The summed E-state index contributed by atoms with van der Waals surface area (Å²) in [6, 6.07) is 5.93. The summed E-state index contributed by atoms with van der Waals surface area (Å²) in [5, 5.41) is 19.5. The average molecular weight is 308 g/mol. The van der Waals surface area contributed by atoms with Gasteiger partial charge in [0.05, 0.1) is 10.2 Å². The molecule has 0 bridgehead atoms. The van der Waals surface area contributed by atoms with Gasteiger partial charge < -0.3 is 11.1 Å². The summed E-state index contributed by atoms with van der Waals surface area (Å²) < 4.78 is 0. The van der Waals surface area contributed by atoms with Crippen molar-refractivity contribution < 1.29 is 9.72 Å². The Kier molecular flexibility index (Phi) is 4.38. The maximum absolute atomic E-state index is 12.0. The number of carbonyl (C=O) groups excluding carboxylic acids is 1. The lowest BCUT2D eigenvalue weighted by atomic mass is 10.2. The third kappa shape index (κ3) is 3.69. The Morgan fingerprint density at radius 2 is 2.24 bits per heavy atom. The zero-order chi connectivity index (χ0) is 15.4. The zero-order valence-corrected chi connectivity index (χ0v) is 11.8. The number of nitro groups is 1. The van der Waals surface area contributed by atoms with E-state index in [1.807, 2.05) is 0 Å². The van der Waals surface area contributed by atoms with Crippen molar-refractivity contribution in [2.24, 2.45) is 0 Å². The molecule has 0 radical (unpaired) electrons. The van der Waals surface area contributed by atoms with Crippen LogP contribution in [0.1, 0.15) is 6.92 Å². The van der Waals surface area contributed by atoms with Crippen molar-refractivity contribution in [3.8, 4) is 0 Å². The number of aromatic amines is 1. The number of carbonyl (C=O) groups is 1. The number of amides is 1. The van der Waals surface area contributed by atoms with Gasteiger partial charge in [0.25, 0.3) is 5.69 Å². The third-order valence-electron chi connectivity index (χ3n) is 2.49. The van der Waals surface area contributed by atoms with Gasteiger partial charge in [-0.1, -0.05) is 23.9 Å². The van der Waals surface area contributed by atoms with Gasteiger partial charge in [-0.3, -0.25) is 14.9 Å². The minimum absolute atomic E-state index is 0.148. The zero-order valence-electron chi connectivity index (χ0n) is 10.9. The number of para-hydroxylation sites is 2. The molecule has 110 valence electrons. The molecule has 9 nitrogen and oxygen atoms in total. The van der Waals surface area contributed by atoms with E-state index in [2.05, 4.69) is 20.5 Å². The second-order valence-corrected chi connectivity index (χ2v) is 5.33. The monoisotopic (exact) mass is 308 g/mol. The standard InChI is InChI=1S/C11H12N6O3S/c1-6(21-11-14-10(12)15-16-11)9(18)13-7-4-2-3-5-8(7)17(19)20/h2-6H,1H3,(H,13,18)(H3,12,14,15,16)/t6-/m1/s1. The van der Waals surface area contributed by atoms with Crippen LogP contribution in [0.15, 0.2) is 29.4 Å². The predicted octanol–water partition coefficient (Wildman–Crippen LogP) is 1.41. The van der Waals surface area contributed by atoms with E-state index in [0.717, 1.165) is 11.8 Å². The van der Waals surface area contributed by atoms with Gasteiger partial charge in [0, 0.05) is 6.07 Å². The topological polar surface area (TPSA) is 140 Å². The van der Waals surface area contributed by atoms with Crippen molar-refractivity contribution in [2.75, 3.05) is 11.1 Å². The van der Waals surface area contributed by atoms with Gasteiger partial charge in [0.1, 0.15) is 5.69 Å². The highest BCUT2D eigenvalue weighted by atomic mass is 32.2. The Morgan fingerprint density at radius 3 is 2.86 bits per heavy atom. The number of benzene rings is 1. The van der Waals surface area contributed by atoms with E-state index < -0.39 is 16.1 Å². The second kappa shape index (κ2) is 6.22. The van der Waals surface area contributed by atoms with Crippen molar-refractivity contribution in [1.29, 1.82) is 0 Å². The molecule has 0 aliphatic rings. The van der Waals surface area contributed by atoms with E-state index in [-0.39, 0.29) is 17.3 Å². The highest BCUT2D eigenvalue weighted by Gasteiger charge is 2.20. The number of thioether (sulfide) groups is 1. The van der Waals surface area contributed by atoms with Gasteiger partial charge in [0.2, 0.25) is 17.0 Å². The molecule has 0 aliphatic carbocycles. The first-order chi connectivity index (χ1) is 9.97. The smallest absolute Gasteiger partial charge is 0.292 e. The minimum Gasteiger partial charge on any atom is -0.368 e.